The zero-order valence-corrected chi connectivity index (χ0v) is 6.86. The van der Waals surface area contributed by atoms with Crippen LogP contribution < -0.4 is 10.5 Å². The first-order valence-electron chi connectivity index (χ1n) is 3.78. The summed E-state index contributed by atoms with van der Waals surface area (Å²) in [7, 11) is 0. The number of rotatable bonds is 4. The molecule has 0 saturated heterocycles. The van der Waals surface area contributed by atoms with Crippen LogP contribution in [0, 0.1) is 0 Å². The third-order valence-corrected chi connectivity index (χ3v) is 1.39. The lowest BCUT2D eigenvalue weighted by Gasteiger charge is -2.05. The number of nitrogen functional groups attached to an aromatic ring is 1. The van der Waals surface area contributed by atoms with Gasteiger partial charge in [0.05, 0.1) is 18.5 Å². The van der Waals surface area contributed by atoms with Crippen LogP contribution in [0.25, 0.3) is 0 Å². The Labute approximate surface area is 71.9 Å². The average molecular weight is 164 g/mol. The topological polar surface area (TPSA) is 48.1 Å². The standard InChI is InChI=1S/C9H12N2O/c1-2-3-6-12-9-4-5-11-7-8(9)10/h2,4-5,7H,1,3,6,10H2. The minimum absolute atomic E-state index is 0.571. The summed E-state index contributed by atoms with van der Waals surface area (Å²) in [6, 6.07) is 1.75. The summed E-state index contributed by atoms with van der Waals surface area (Å²) >= 11 is 0. The van der Waals surface area contributed by atoms with E-state index in [2.05, 4.69) is 11.6 Å². The van der Waals surface area contributed by atoms with Crippen molar-refractivity contribution in [3.8, 4) is 5.75 Å². The molecule has 0 bridgehead atoms. The number of hydrogen-bond acceptors (Lipinski definition) is 3. The Morgan fingerprint density at radius 2 is 2.50 bits per heavy atom. The first kappa shape index (κ1) is 8.59. The largest absolute Gasteiger partial charge is 0.491 e. The third kappa shape index (κ3) is 2.27. The molecular formula is C9H12N2O. The molecular weight excluding hydrogens is 152 g/mol. The summed E-state index contributed by atoms with van der Waals surface area (Å²) in [5.74, 6) is 0.687. The zero-order chi connectivity index (χ0) is 8.81. The van der Waals surface area contributed by atoms with Gasteiger partial charge in [-0.2, -0.15) is 0 Å². The maximum atomic E-state index is 5.59. The molecule has 64 valence electrons. The maximum Gasteiger partial charge on any atom is 0.145 e. The Balaban J connectivity index is 2.51. The lowest BCUT2D eigenvalue weighted by atomic mass is 10.4. The molecule has 2 N–H and O–H groups in total. The molecule has 0 aromatic carbocycles. The molecule has 1 heterocycles. The van der Waals surface area contributed by atoms with E-state index < -0.39 is 0 Å². The fourth-order valence-electron chi connectivity index (χ4n) is 0.778. The third-order valence-electron chi connectivity index (χ3n) is 1.39. The molecule has 12 heavy (non-hydrogen) atoms. The SMILES string of the molecule is C=CCCOc1ccncc1N. The zero-order valence-electron chi connectivity index (χ0n) is 6.86. The van der Waals surface area contributed by atoms with Gasteiger partial charge in [-0.1, -0.05) is 6.08 Å². The van der Waals surface area contributed by atoms with Gasteiger partial charge in [0.15, 0.2) is 0 Å². The molecule has 0 aliphatic rings. The van der Waals surface area contributed by atoms with Gasteiger partial charge in [0.2, 0.25) is 0 Å². The number of aromatic nitrogens is 1. The molecule has 1 rings (SSSR count). The second-order valence-electron chi connectivity index (χ2n) is 2.34. The van der Waals surface area contributed by atoms with Crippen LogP contribution in [0.4, 0.5) is 5.69 Å². The monoisotopic (exact) mass is 164 g/mol. The Bertz CT molecular complexity index is 260. The summed E-state index contributed by atoms with van der Waals surface area (Å²) < 4.78 is 5.34. The van der Waals surface area contributed by atoms with E-state index in [0.717, 1.165) is 6.42 Å². The number of nitrogens with zero attached hydrogens (tertiary/aromatic N) is 1. The highest BCUT2D eigenvalue weighted by molar-refractivity contribution is 5.49. The Hall–Kier alpha value is -1.51. The second kappa shape index (κ2) is 4.38. The van der Waals surface area contributed by atoms with Crippen molar-refractivity contribution in [3.05, 3.63) is 31.1 Å². The Morgan fingerprint density at radius 1 is 1.67 bits per heavy atom. The normalized spacial score (nSPS) is 9.33. The Morgan fingerprint density at radius 3 is 3.17 bits per heavy atom. The van der Waals surface area contributed by atoms with Crippen LogP contribution in [0.3, 0.4) is 0 Å². The van der Waals surface area contributed by atoms with Crippen LogP contribution in [-0.2, 0) is 0 Å². The number of hydrogen-bond donors (Lipinski definition) is 1. The van der Waals surface area contributed by atoms with E-state index >= 15 is 0 Å². The van der Waals surface area contributed by atoms with Crippen LogP contribution in [0.5, 0.6) is 5.75 Å². The molecule has 1 aromatic rings. The van der Waals surface area contributed by atoms with Crippen molar-refractivity contribution >= 4 is 5.69 Å². The molecule has 1 aromatic heterocycles. The van der Waals surface area contributed by atoms with Gasteiger partial charge in [0.25, 0.3) is 0 Å². The van der Waals surface area contributed by atoms with Gasteiger partial charge in [-0.05, 0) is 6.42 Å². The lowest BCUT2D eigenvalue weighted by molar-refractivity contribution is 0.326. The highest BCUT2D eigenvalue weighted by atomic mass is 16.5. The molecule has 0 atom stereocenters. The lowest BCUT2D eigenvalue weighted by Crippen LogP contribution is -1.99. The van der Waals surface area contributed by atoms with E-state index in [1.807, 2.05) is 0 Å². The number of nitrogens with two attached hydrogens (primary N) is 1. The van der Waals surface area contributed by atoms with Crippen molar-refractivity contribution in [2.24, 2.45) is 0 Å². The fraction of sp³-hybridized carbons (Fsp3) is 0.222. The van der Waals surface area contributed by atoms with E-state index in [0.29, 0.717) is 18.0 Å². The number of anilines is 1. The van der Waals surface area contributed by atoms with Crippen molar-refractivity contribution in [2.45, 2.75) is 6.42 Å². The van der Waals surface area contributed by atoms with Gasteiger partial charge in [0, 0.05) is 12.3 Å². The molecule has 3 nitrogen and oxygen atoms in total. The molecule has 0 radical (unpaired) electrons. The van der Waals surface area contributed by atoms with Crippen LogP contribution in [0.2, 0.25) is 0 Å². The van der Waals surface area contributed by atoms with Gasteiger partial charge in [-0.15, -0.1) is 6.58 Å². The molecule has 0 aliphatic heterocycles. The minimum Gasteiger partial charge on any atom is -0.491 e. The number of pyridine rings is 1. The van der Waals surface area contributed by atoms with E-state index in [-0.39, 0.29) is 0 Å². The quantitative estimate of drug-likeness (QED) is 0.543. The molecule has 0 spiro atoms. The highest BCUT2D eigenvalue weighted by Gasteiger charge is 1.96. The summed E-state index contributed by atoms with van der Waals surface area (Å²) in [5.41, 5.74) is 6.16. The van der Waals surface area contributed by atoms with Gasteiger partial charge < -0.3 is 10.5 Å². The number of ether oxygens (including phenoxy) is 1. The molecule has 0 aliphatic carbocycles. The molecule has 0 amide bonds. The Kier molecular flexibility index (Phi) is 3.14. The first-order valence-corrected chi connectivity index (χ1v) is 3.78. The molecule has 0 unspecified atom stereocenters. The van der Waals surface area contributed by atoms with Gasteiger partial charge in [-0.3, -0.25) is 4.98 Å². The van der Waals surface area contributed by atoms with Crippen LogP contribution in [-0.4, -0.2) is 11.6 Å². The molecule has 3 heteroatoms. The second-order valence-corrected chi connectivity index (χ2v) is 2.34. The van der Waals surface area contributed by atoms with Crippen LogP contribution >= 0.6 is 0 Å². The van der Waals surface area contributed by atoms with E-state index in [1.54, 1.807) is 24.5 Å². The summed E-state index contributed by atoms with van der Waals surface area (Å²) in [6.45, 7) is 4.20. The molecule has 0 fully saturated rings. The molecule has 0 saturated carbocycles. The van der Waals surface area contributed by atoms with Crippen molar-refractivity contribution in [1.82, 2.24) is 4.98 Å². The minimum atomic E-state index is 0.571. The smallest absolute Gasteiger partial charge is 0.145 e. The first-order chi connectivity index (χ1) is 5.84. The predicted molar refractivity (Wildman–Crippen MR) is 49.0 cm³/mol. The van der Waals surface area contributed by atoms with Crippen LogP contribution in [0.15, 0.2) is 31.1 Å². The van der Waals surface area contributed by atoms with Crippen LogP contribution in [0.1, 0.15) is 6.42 Å². The van der Waals surface area contributed by atoms with Crippen molar-refractivity contribution in [1.29, 1.82) is 0 Å². The van der Waals surface area contributed by atoms with Crippen molar-refractivity contribution < 1.29 is 4.74 Å². The summed E-state index contributed by atoms with van der Waals surface area (Å²) in [5, 5.41) is 0. The van der Waals surface area contributed by atoms with Crippen molar-refractivity contribution in [2.75, 3.05) is 12.3 Å². The van der Waals surface area contributed by atoms with Gasteiger partial charge in [-0.25, -0.2) is 0 Å². The fourth-order valence-corrected chi connectivity index (χ4v) is 0.778. The van der Waals surface area contributed by atoms with E-state index in [9.17, 15) is 0 Å². The van der Waals surface area contributed by atoms with E-state index in [1.165, 1.54) is 0 Å². The van der Waals surface area contributed by atoms with Gasteiger partial charge in [0.1, 0.15) is 5.75 Å². The summed E-state index contributed by atoms with van der Waals surface area (Å²) in [6.07, 6.45) is 5.85. The van der Waals surface area contributed by atoms with Gasteiger partial charge >= 0.3 is 0 Å². The average Bonchev–Trinajstić information content (AvgIpc) is 2.09. The van der Waals surface area contributed by atoms with E-state index in [4.69, 9.17) is 10.5 Å². The summed E-state index contributed by atoms with van der Waals surface area (Å²) in [4.78, 5) is 3.85. The van der Waals surface area contributed by atoms with Crippen molar-refractivity contribution in [3.63, 3.8) is 0 Å². The maximum absolute atomic E-state index is 5.59. The highest BCUT2D eigenvalue weighted by Crippen LogP contribution is 2.18. The predicted octanol–water partition coefficient (Wildman–Crippen LogP) is 1.62.